The van der Waals surface area contributed by atoms with E-state index < -0.39 is 0 Å². The van der Waals surface area contributed by atoms with E-state index in [9.17, 15) is 0 Å². The molecule has 0 amide bonds. The van der Waals surface area contributed by atoms with Crippen molar-refractivity contribution in [3.8, 4) is 11.5 Å². The number of anilines is 1. The topological polar surface area (TPSA) is 70.3 Å². The minimum Gasteiger partial charge on any atom is -0.493 e. The molecule has 0 saturated carbocycles. The Morgan fingerprint density at radius 3 is 2.64 bits per heavy atom. The van der Waals surface area contributed by atoms with E-state index >= 15 is 0 Å². The van der Waals surface area contributed by atoms with Gasteiger partial charge in [-0.2, -0.15) is 0 Å². The van der Waals surface area contributed by atoms with Gasteiger partial charge in [-0.15, -0.1) is 11.3 Å². The fourth-order valence-electron chi connectivity index (χ4n) is 2.51. The molecule has 0 radical (unpaired) electrons. The lowest BCUT2D eigenvalue weighted by Gasteiger charge is -2.12. The zero-order valence-electron chi connectivity index (χ0n) is 14.3. The molecular formula is C17H18BrN3O2S2. The van der Waals surface area contributed by atoms with Crippen LogP contribution in [0.3, 0.4) is 0 Å². The van der Waals surface area contributed by atoms with Gasteiger partial charge in [-0.25, -0.2) is 9.97 Å². The minimum absolute atomic E-state index is 0.542. The highest BCUT2D eigenvalue weighted by Crippen LogP contribution is 2.40. The fraction of sp³-hybridized carbons (Fsp3) is 0.294. The van der Waals surface area contributed by atoms with Crippen molar-refractivity contribution < 1.29 is 9.47 Å². The number of nitrogen functional groups attached to an aromatic ring is 1. The second kappa shape index (κ2) is 7.39. The van der Waals surface area contributed by atoms with Gasteiger partial charge in [0.15, 0.2) is 16.7 Å². The van der Waals surface area contributed by atoms with Crippen molar-refractivity contribution in [2.75, 3.05) is 20.0 Å². The predicted molar refractivity (Wildman–Crippen MR) is 108 cm³/mol. The zero-order chi connectivity index (χ0) is 18.1. The number of rotatable bonds is 5. The summed E-state index contributed by atoms with van der Waals surface area (Å²) in [5.41, 5.74) is 8.39. The molecular weight excluding hydrogens is 422 g/mol. The average molecular weight is 440 g/mol. The number of methoxy groups -OCH3 is 2. The summed E-state index contributed by atoms with van der Waals surface area (Å²) in [6.45, 7) is 4.14. The van der Waals surface area contributed by atoms with E-state index in [1.54, 1.807) is 37.3 Å². The molecule has 0 atom stereocenters. The van der Waals surface area contributed by atoms with E-state index in [4.69, 9.17) is 15.2 Å². The molecule has 1 aromatic carbocycles. The Kier molecular flexibility index (Phi) is 5.41. The highest BCUT2D eigenvalue weighted by molar-refractivity contribution is 9.10. The average Bonchev–Trinajstić information content (AvgIpc) is 2.88. The molecule has 0 aliphatic rings. The van der Waals surface area contributed by atoms with Gasteiger partial charge in [0.2, 0.25) is 0 Å². The number of halogens is 1. The van der Waals surface area contributed by atoms with Crippen LogP contribution in [0.4, 0.5) is 5.82 Å². The molecule has 0 aliphatic carbocycles. The van der Waals surface area contributed by atoms with Crippen LogP contribution >= 0.6 is 39.0 Å². The third kappa shape index (κ3) is 3.43. The normalized spacial score (nSPS) is 11.1. The lowest BCUT2D eigenvalue weighted by molar-refractivity contribution is 0.353. The Bertz CT molecular complexity index is 944. The van der Waals surface area contributed by atoms with Crippen molar-refractivity contribution >= 4 is 55.1 Å². The fourth-order valence-corrected chi connectivity index (χ4v) is 5.26. The molecule has 5 nitrogen and oxygen atoms in total. The molecule has 0 aliphatic heterocycles. The number of benzene rings is 1. The van der Waals surface area contributed by atoms with Crippen molar-refractivity contribution in [2.45, 2.75) is 24.8 Å². The molecule has 0 unspecified atom stereocenters. The van der Waals surface area contributed by atoms with Crippen LogP contribution in [0.25, 0.3) is 10.2 Å². The Balaban J connectivity index is 1.88. The number of nitrogens with two attached hydrogens (primary N) is 1. The van der Waals surface area contributed by atoms with Gasteiger partial charge in [-0.3, -0.25) is 0 Å². The van der Waals surface area contributed by atoms with Gasteiger partial charge in [0.1, 0.15) is 10.6 Å². The first-order valence-corrected chi connectivity index (χ1v) is 10.1. The first kappa shape index (κ1) is 18.3. The van der Waals surface area contributed by atoms with Gasteiger partial charge < -0.3 is 15.2 Å². The number of thioether (sulfide) groups is 1. The van der Waals surface area contributed by atoms with Gasteiger partial charge >= 0.3 is 0 Å². The Morgan fingerprint density at radius 2 is 1.96 bits per heavy atom. The van der Waals surface area contributed by atoms with Crippen LogP contribution < -0.4 is 15.2 Å². The maximum Gasteiger partial charge on any atom is 0.191 e. The van der Waals surface area contributed by atoms with E-state index in [-0.39, 0.29) is 0 Å². The van der Waals surface area contributed by atoms with Crippen LogP contribution in [0.5, 0.6) is 11.5 Å². The molecule has 0 bridgehead atoms. The molecule has 132 valence electrons. The number of aromatic nitrogens is 2. The van der Waals surface area contributed by atoms with Crippen LogP contribution in [0.1, 0.15) is 16.0 Å². The van der Waals surface area contributed by atoms with E-state index in [1.807, 2.05) is 12.1 Å². The highest BCUT2D eigenvalue weighted by Gasteiger charge is 2.15. The molecule has 0 fully saturated rings. The highest BCUT2D eigenvalue weighted by atomic mass is 79.9. The monoisotopic (exact) mass is 439 g/mol. The number of thiophene rings is 1. The molecule has 3 rings (SSSR count). The summed E-state index contributed by atoms with van der Waals surface area (Å²) >= 11 is 6.79. The van der Waals surface area contributed by atoms with E-state index in [0.717, 1.165) is 25.8 Å². The van der Waals surface area contributed by atoms with Gasteiger partial charge in [0.05, 0.1) is 24.1 Å². The molecule has 2 aromatic heterocycles. The maximum atomic E-state index is 6.15. The first-order valence-electron chi connectivity index (χ1n) is 7.51. The second-order valence-corrected chi connectivity index (χ2v) is 8.36. The number of nitrogens with zero attached hydrogens (tertiary/aromatic N) is 2. The summed E-state index contributed by atoms with van der Waals surface area (Å²) in [6, 6.07) is 3.89. The number of hydrogen-bond donors (Lipinski definition) is 1. The van der Waals surface area contributed by atoms with E-state index in [2.05, 4.69) is 39.7 Å². The van der Waals surface area contributed by atoms with Gasteiger partial charge in [-0.1, -0.05) is 17.8 Å². The standard InChI is InChI=1S/C17H18BrN3O2S2/c1-8-9(2)25-16-12(8)15(19)20-17(21-16)24-7-10-5-6-11(22-3)14(23-4)13(10)18/h5-6H,7H2,1-4H3,(H2,19,20,21). The predicted octanol–water partition coefficient (Wildman–Crippen LogP) is 4.96. The Hall–Kier alpha value is -1.51. The smallest absolute Gasteiger partial charge is 0.191 e. The maximum absolute atomic E-state index is 6.15. The number of hydrogen-bond acceptors (Lipinski definition) is 7. The quantitative estimate of drug-likeness (QED) is 0.447. The summed E-state index contributed by atoms with van der Waals surface area (Å²) in [4.78, 5) is 11.3. The molecule has 0 saturated heterocycles. The summed E-state index contributed by atoms with van der Waals surface area (Å²) in [5, 5.41) is 1.65. The lowest BCUT2D eigenvalue weighted by Crippen LogP contribution is -1.97. The molecule has 0 spiro atoms. The van der Waals surface area contributed by atoms with Crippen LogP contribution in [-0.4, -0.2) is 24.2 Å². The second-order valence-electron chi connectivity index (χ2n) is 5.42. The molecule has 2 N–H and O–H groups in total. The zero-order valence-corrected chi connectivity index (χ0v) is 17.6. The van der Waals surface area contributed by atoms with Crippen molar-refractivity contribution in [3.63, 3.8) is 0 Å². The molecule has 3 aromatic rings. The summed E-state index contributed by atoms with van der Waals surface area (Å²) in [5.74, 6) is 2.60. The summed E-state index contributed by atoms with van der Waals surface area (Å²) in [6.07, 6.45) is 0. The van der Waals surface area contributed by atoms with Gasteiger partial charge in [-0.05, 0) is 47.0 Å². The Morgan fingerprint density at radius 1 is 1.20 bits per heavy atom. The SMILES string of the molecule is COc1ccc(CSc2nc(N)c3c(C)c(C)sc3n2)c(Br)c1OC. The molecule has 8 heteroatoms. The van der Waals surface area contributed by atoms with Crippen LogP contribution in [0.15, 0.2) is 21.8 Å². The van der Waals surface area contributed by atoms with Crippen molar-refractivity contribution in [1.82, 2.24) is 9.97 Å². The van der Waals surface area contributed by atoms with Crippen molar-refractivity contribution in [1.29, 1.82) is 0 Å². The van der Waals surface area contributed by atoms with Crippen LogP contribution in [0, 0.1) is 13.8 Å². The van der Waals surface area contributed by atoms with Gasteiger partial charge in [0.25, 0.3) is 0 Å². The number of fused-ring (bicyclic) bond motifs is 1. The van der Waals surface area contributed by atoms with Crippen LogP contribution in [-0.2, 0) is 5.75 Å². The first-order chi connectivity index (χ1) is 12.0. The van der Waals surface area contributed by atoms with Crippen molar-refractivity contribution in [3.05, 3.63) is 32.6 Å². The van der Waals surface area contributed by atoms with E-state index in [0.29, 0.717) is 28.2 Å². The third-order valence-corrected chi connectivity index (χ3v) is 6.82. The lowest BCUT2D eigenvalue weighted by atomic mass is 10.2. The number of aryl methyl sites for hydroxylation is 2. The number of ether oxygens (including phenoxy) is 2. The third-order valence-electron chi connectivity index (χ3n) is 3.96. The van der Waals surface area contributed by atoms with E-state index in [1.165, 1.54) is 4.88 Å². The Labute approximate surface area is 163 Å². The van der Waals surface area contributed by atoms with Gasteiger partial charge in [0, 0.05) is 10.6 Å². The largest absolute Gasteiger partial charge is 0.493 e. The summed E-state index contributed by atoms with van der Waals surface area (Å²) in [7, 11) is 3.24. The van der Waals surface area contributed by atoms with Crippen molar-refractivity contribution in [2.24, 2.45) is 0 Å². The molecule has 2 heterocycles. The van der Waals surface area contributed by atoms with Crippen LogP contribution in [0.2, 0.25) is 0 Å². The minimum atomic E-state index is 0.542. The summed E-state index contributed by atoms with van der Waals surface area (Å²) < 4.78 is 11.6. The molecule has 25 heavy (non-hydrogen) atoms.